The second-order valence-electron chi connectivity index (χ2n) is 3.31. The molecule has 4 heteroatoms. The van der Waals surface area contributed by atoms with E-state index in [1.165, 1.54) is 18.2 Å². The summed E-state index contributed by atoms with van der Waals surface area (Å²) in [5, 5.41) is 0. The zero-order valence-electron chi connectivity index (χ0n) is 7.14. The lowest BCUT2D eigenvalue weighted by molar-refractivity contribution is -0.148. The number of rotatable bonds is 0. The van der Waals surface area contributed by atoms with Gasteiger partial charge in [0, 0.05) is 12.0 Å². The fourth-order valence-electron chi connectivity index (χ4n) is 1.75. The lowest BCUT2D eigenvalue weighted by atomic mass is 10.0. The van der Waals surface area contributed by atoms with Gasteiger partial charge in [-0.25, -0.2) is 0 Å². The van der Waals surface area contributed by atoms with Gasteiger partial charge in [-0.1, -0.05) is 24.3 Å². The first kappa shape index (κ1) is 9.24. The van der Waals surface area contributed by atoms with Crippen LogP contribution in [0.3, 0.4) is 0 Å². The molecule has 0 spiro atoms. The molecule has 14 heavy (non-hydrogen) atoms. The van der Waals surface area contributed by atoms with E-state index in [1.807, 2.05) is 0 Å². The van der Waals surface area contributed by atoms with E-state index < -0.39 is 24.3 Å². The molecule has 0 fully saturated rings. The average molecular weight is 200 g/mol. The molecule has 1 aliphatic carbocycles. The summed E-state index contributed by atoms with van der Waals surface area (Å²) in [5.74, 6) is -2.02. The van der Waals surface area contributed by atoms with Crippen molar-refractivity contribution in [2.75, 3.05) is 0 Å². The fraction of sp³-hybridized carbons (Fsp3) is 0.300. The van der Waals surface area contributed by atoms with E-state index in [0.29, 0.717) is 0 Å². The number of fused-ring (bicyclic) bond motifs is 1. The van der Waals surface area contributed by atoms with E-state index in [-0.39, 0.29) is 11.1 Å². The predicted octanol–water partition coefficient (Wildman–Crippen LogP) is 2.92. The van der Waals surface area contributed by atoms with Gasteiger partial charge >= 0.3 is 6.18 Å². The van der Waals surface area contributed by atoms with Crippen molar-refractivity contribution >= 4 is 5.78 Å². The minimum Gasteiger partial charge on any atom is -0.294 e. The highest BCUT2D eigenvalue weighted by atomic mass is 19.4. The van der Waals surface area contributed by atoms with Gasteiger partial charge < -0.3 is 0 Å². The Balaban J connectivity index is 2.50. The fourth-order valence-corrected chi connectivity index (χ4v) is 1.75. The van der Waals surface area contributed by atoms with Gasteiger partial charge in [0.05, 0.1) is 5.92 Å². The zero-order chi connectivity index (χ0) is 10.3. The van der Waals surface area contributed by atoms with Crippen LogP contribution in [0.5, 0.6) is 0 Å². The molecule has 2 rings (SSSR count). The molecule has 1 aromatic carbocycles. The van der Waals surface area contributed by atoms with Crippen molar-refractivity contribution < 1.29 is 18.0 Å². The highest BCUT2D eigenvalue weighted by molar-refractivity contribution is 6.01. The Morgan fingerprint density at radius 1 is 1.21 bits per heavy atom. The smallest absolute Gasteiger partial charge is 0.294 e. The van der Waals surface area contributed by atoms with Crippen LogP contribution in [-0.2, 0) is 0 Å². The van der Waals surface area contributed by atoms with Gasteiger partial charge in [0.1, 0.15) is 0 Å². The Bertz CT molecular complexity index is 381. The van der Waals surface area contributed by atoms with E-state index in [2.05, 4.69) is 0 Å². The molecule has 1 atom stereocenters. The van der Waals surface area contributed by atoms with Crippen molar-refractivity contribution in [2.24, 2.45) is 0 Å². The van der Waals surface area contributed by atoms with Crippen LogP contribution in [0, 0.1) is 0 Å². The summed E-state index contributed by atoms with van der Waals surface area (Å²) >= 11 is 0. The molecule has 0 heterocycles. The highest BCUT2D eigenvalue weighted by Crippen LogP contribution is 2.43. The van der Waals surface area contributed by atoms with Crippen LogP contribution >= 0.6 is 0 Å². The minimum absolute atomic E-state index is 0.116. The van der Waals surface area contributed by atoms with Crippen LogP contribution in [0.15, 0.2) is 24.3 Å². The third kappa shape index (κ3) is 1.31. The van der Waals surface area contributed by atoms with E-state index in [9.17, 15) is 18.0 Å². The minimum atomic E-state index is -4.32. The highest BCUT2D eigenvalue weighted by Gasteiger charge is 2.46. The Labute approximate surface area is 78.5 Å². The first-order chi connectivity index (χ1) is 6.50. The molecule has 1 nitrogen and oxygen atoms in total. The van der Waals surface area contributed by atoms with Crippen molar-refractivity contribution in [3.05, 3.63) is 35.4 Å². The van der Waals surface area contributed by atoms with E-state index in [1.54, 1.807) is 6.07 Å². The Morgan fingerprint density at radius 3 is 2.50 bits per heavy atom. The van der Waals surface area contributed by atoms with E-state index in [4.69, 9.17) is 0 Å². The Morgan fingerprint density at radius 2 is 1.86 bits per heavy atom. The Kier molecular flexibility index (Phi) is 1.87. The summed E-state index contributed by atoms with van der Waals surface area (Å²) in [4.78, 5) is 11.2. The molecule has 0 saturated carbocycles. The third-order valence-corrected chi connectivity index (χ3v) is 2.42. The first-order valence-electron chi connectivity index (χ1n) is 4.19. The maximum absolute atomic E-state index is 12.5. The van der Waals surface area contributed by atoms with Crippen molar-refractivity contribution in [2.45, 2.75) is 18.5 Å². The van der Waals surface area contributed by atoms with Gasteiger partial charge in [0.15, 0.2) is 5.78 Å². The Hall–Kier alpha value is -1.32. The largest absolute Gasteiger partial charge is 0.396 e. The van der Waals surface area contributed by atoms with Crippen LogP contribution in [0.25, 0.3) is 0 Å². The molecular formula is C10H7F3O. The predicted molar refractivity (Wildman–Crippen MR) is 44.2 cm³/mol. The summed E-state index contributed by atoms with van der Waals surface area (Å²) in [7, 11) is 0. The molecule has 74 valence electrons. The summed E-state index contributed by atoms with van der Waals surface area (Å²) < 4.78 is 37.4. The number of carbonyl (C=O) groups excluding carboxylic acids is 1. The molecule has 0 saturated heterocycles. The molecule has 1 unspecified atom stereocenters. The number of carbonyl (C=O) groups is 1. The average Bonchev–Trinajstić information content (AvgIpc) is 2.44. The lowest BCUT2D eigenvalue weighted by Gasteiger charge is -2.14. The second-order valence-corrected chi connectivity index (χ2v) is 3.31. The van der Waals surface area contributed by atoms with Gasteiger partial charge in [0.2, 0.25) is 0 Å². The maximum atomic E-state index is 12.5. The van der Waals surface area contributed by atoms with Crippen LogP contribution in [-0.4, -0.2) is 12.0 Å². The quantitative estimate of drug-likeness (QED) is 0.629. The standard InChI is InChI=1S/C10H7F3O/c11-10(12,13)8-5-9(14)7-4-2-1-3-6(7)8/h1-4,8H,5H2. The number of benzene rings is 1. The summed E-state index contributed by atoms with van der Waals surface area (Å²) in [6.45, 7) is 0. The van der Waals surface area contributed by atoms with Crippen molar-refractivity contribution in [3.63, 3.8) is 0 Å². The van der Waals surface area contributed by atoms with E-state index >= 15 is 0 Å². The van der Waals surface area contributed by atoms with Crippen LogP contribution in [0.1, 0.15) is 28.3 Å². The number of ketones is 1. The van der Waals surface area contributed by atoms with Crippen molar-refractivity contribution in [1.29, 1.82) is 0 Å². The van der Waals surface area contributed by atoms with Gasteiger partial charge in [-0.3, -0.25) is 4.79 Å². The molecule has 0 aliphatic heterocycles. The van der Waals surface area contributed by atoms with Crippen LogP contribution in [0.4, 0.5) is 13.2 Å². The summed E-state index contributed by atoms with van der Waals surface area (Å²) in [6.07, 6.45) is -4.76. The van der Waals surface area contributed by atoms with Gasteiger partial charge in [-0.2, -0.15) is 13.2 Å². The van der Waals surface area contributed by atoms with Gasteiger partial charge in [0.25, 0.3) is 0 Å². The SMILES string of the molecule is O=C1CC(C(F)(F)F)c2ccccc21. The van der Waals surface area contributed by atoms with Gasteiger partial charge in [-0.05, 0) is 5.56 Å². The molecule has 0 N–H and O–H groups in total. The molecular weight excluding hydrogens is 193 g/mol. The zero-order valence-corrected chi connectivity index (χ0v) is 7.14. The molecule has 0 radical (unpaired) electrons. The molecule has 0 bridgehead atoms. The lowest BCUT2D eigenvalue weighted by Crippen LogP contribution is -2.18. The normalized spacial score (nSPS) is 21.1. The molecule has 0 amide bonds. The number of hydrogen-bond acceptors (Lipinski definition) is 1. The van der Waals surface area contributed by atoms with Crippen molar-refractivity contribution in [1.82, 2.24) is 0 Å². The number of hydrogen-bond donors (Lipinski definition) is 0. The summed E-state index contributed by atoms with van der Waals surface area (Å²) in [5.41, 5.74) is 0.333. The third-order valence-electron chi connectivity index (χ3n) is 2.42. The van der Waals surface area contributed by atoms with Crippen molar-refractivity contribution in [3.8, 4) is 0 Å². The number of alkyl halides is 3. The molecule has 1 aliphatic rings. The number of halogens is 3. The monoisotopic (exact) mass is 200 g/mol. The topological polar surface area (TPSA) is 17.1 Å². The second kappa shape index (κ2) is 2.83. The first-order valence-corrected chi connectivity index (χ1v) is 4.19. The van der Waals surface area contributed by atoms with E-state index in [0.717, 1.165) is 0 Å². The van der Waals surface area contributed by atoms with Crippen LogP contribution in [0.2, 0.25) is 0 Å². The molecule has 0 aromatic heterocycles. The van der Waals surface area contributed by atoms with Gasteiger partial charge in [-0.15, -0.1) is 0 Å². The van der Waals surface area contributed by atoms with Crippen LogP contribution < -0.4 is 0 Å². The number of Topliss-reactive ketones (excluding diaryl/α,β-unsaturated/α-hetero) is 1. The molecule has 1 aromatic rings. The maximum Gasteiger partial charge on any atom is 0.396 e. The summed E-state index contributed by atoms with van der Waals surface area (Å²) in [6, 6.07) is 5.92.